The molecule has 0 aromatic heterocycles. The molecule has 130 valence electrons. The van der Waals surface area contributed by atoms with Gasteiger partial charge >= 0.3 is 5.97 Å². The van der Waals surface area contributed by atoms with E-state index in [9.17, 15) is 9.59 Å². The molecule has 0 aliphatic rings. The third kappa shape index (κ3) is 5.27. The molecule has 1 amide bonds. The van der Waals surface area contributed by atoms with Gasteiger partial charge in [0.05, 0.1) is 17.1 Å². The lowest BCUT2D eigenvalue weighted by Gasteiger charge is -2.11. The maximum absolute atomic E-state index is 12.2. The van der Waals surface area contributed by atoms with Crippen LogP contribution < -0.4 is 15.4 Å². The fourth-order valence-electron chi connectivity index (χ4n) is 1.97. The van der Waals surface area contributed by atoms with Gasteiger partial charge in [0.2, 0.25) is 0 Å². The first-order valence-electron chi connectivity index (χ1n) is 7.15. The van der Waals surface area contributed by atoms with Crippen LogP contribution in [0.2, 0.25) is 0 Å². The van der Waals surface area contributed by atoms with E-state index >= 15 is 0 Å². The van der Waals surface area contributed by atoms with Crippen LogP contribution in [-0.4, -0.2) is 29.2 Å². The molecule has 3 N–H and O–H groups in total. The van der Waals surface area contributed by atoms with E-state index in [1.807, 2.05) is 0 Å². The largest absolute Gasteiger partial charge is 0.496 e. The van der Waals surface area contributed by atoms with E-state index in [2.05, 4.69) is 26.6 Å². The van der Waals surface area contributed by atoms with Crippen molar-refractivity contribution in [2.75, 3.05) is 7.11 Å². The minimum Gasteiger partial charge on any atom is -0.496 e. The molecule has 2 aromatic rings. The quantitative estimate of drug-likeness (QED) is 0.642. The highest BCUT2D eigenvalue weighted by molar-refractivity contribution is 9.10. The number of carbonyl (C=O) groups is 2. The molecule has 8 heteroatoms. The highest BCUT2D eigenvalue weighted by atomic mass is 79.9. The van der Waals surface area contributed by atoms with Crippen molar-refractivity contribution in [2.45, 2.75) is 6.54 Å². The normalized spacial score (nSPS) is 10.0. The Bertz CT molecular complexity index is 809. The molecule has 0 spiro atoms. The van der Waals surface area contributed by atoms with E-state index in [1.165, 1.54) is 12.1 Å². The number of aromatic carboxylic acids is 1. The van der Waals surface area contributed by atoms with Crippen LogP contribution in [0, 0.1) is 0 Å². The van der Waals surface area contributed by atoms with Crippen LogP contribution >= 0.6 is 28.1 Å². The number of methoxy groups -OCH3 is 1. The van der Waals surface area contributed by atoms with E-state index in [0.29, 0.717) is 22.3 Å². The number of benzene rings is 2. The molecular weight excluding hydrogens is 408 g/mol. The van der Waals surface area contributed by atoms with Gasteiger partial charge in [-0.05, 0) is 64.0 Å². The van der Waals surface area contributed by atoms with Gasteiger partial charge in [0.1, 0.15) is 5.75 Å². The molecule has 0 atom stereocenters. The Labute approximate surface area is 158 Å². The van der Waals surface area contributed by atoms with Gasteiger partial charge < -0.3 is 15.2 Å². The van der Waals surface area contributed by atoms with Crippen molar-refractivity contribution in [1.29, 1.82) is 0 Å². The molecule has 0 saturated carbocycles. The summed E-state index contributed by atoms with van der Waals surface area (Å²) in [5.41, 5.74) is 1.49. The first kappa shape index (κ1) is 18.9. The molecule has 6 nitrogen and oxygen atoms in total. The van der Waals surface area contributed by atoms with Crippen molar-refractivity contribution in [3.63, 3.8) is 0 Å². The molecule has 0 radical (unpaired) electrons. The molecule has 0 heterocycles. The maximum Gasteiger partial charge on any atom is 0.335 e. The number of carbonyl (C=O) groups excluding carboxylic acids is 1. The van der Waals surface area contributed by atoms with Crippen LogP contribution in [0.4, 0.5) is 0 Å². The molecule has 0 aliphatic carbocycles. The second-order valence-electron chi connectivity index (χ2n) is 4.99. The Hall–Kier alpha value is -2.45. The minimum absolute atomic E-state index is 0.180. The van der Waals surface area contributed by atoms with Gasteiger partial charge in [0.25, 0.3) is 5.91 Å². The topological polar surface area (TPSA) is 87.7 Å². The first-order valence-corrected chi connectivity index (χ1v) is 8.36. The van der Waals surface area contributed by atoms with Crippen molar-refractivity contribution < 1.29 is 19.4 Å². The van der Waals surface area contributed by atoms with Crippen molar-refractivity contribution in [3.8, 4) is 5.75 Å². The lowest BCUT2D eigenvalue weighted by molar-refractivity contribution is 0.0696. The number of hydrogen-bond acceptors (Lipinski definition) is 4. The summed E-state index contributed by atoms with van der Waals surface area (Å²) in [6.07, 6.45) is 0. The standard InChI is InChI=1S/C17H15BrN2O4S/c1-24-14-7-6-12(8-13(14)18)15(21)20-17(25)19-9-10-2-4-11(5-3-10)16(22)23/h2-8H,9H2,1H3,(H,22,23)(H2,19,20,21,25). The van der Waals surface area contributed by atoms with Crippen molar-refractivity contribution in [2.24, 2.45) is 0 Å². The summed E-state index contributed by atoms with van der Waals surface area (Å²) in [6.45, 7) is 0.366. The second kappa shape index (κ2) is 8.59. The number of carboxylic acids is 1. The highest BCUT2D eigenvalue weighted by Crippen LogP contribution is 2.25. The van der Waals surface area contributed by atoms with Crippen molar-refractivity contribution in [1.82, 2.24) is 10.6 Å². The zero-order valence-corrected chi connectivity index (χ0v) is 15.6. The number of halogens is 1. The van der Waals surface area contributed by atoms with E-state index in [4.69, 9.17) is 22.1 Å². The predicted octanol–water partition coefficient (Wildman–Crippen LogP) is 2.96. The fourth-order valence-corrected chi connectivity index (χ4v) is 2.68. The number of carboxylic acid groups (broad SMARTS) is 1. The number of ether oxygens (including phenoxy) is 1. The Morgan fingerprint density at radius 2 is 1.80 bits per heavy atom. The molecule has 0 aliphatic heterocycles. The molecule has 0 saturated heterocycles. The van der Waals surface area contributed by atoms with Crippen molar-refractivity contribution >= 4 is 45.1 Å². The Balaban J connectivity index is 1.90. The number of hydrogen-bond donors (Lipinski definition) is 3. The predicted molar refractivity (Wildman–Crippen MR) is 101 cm³/mol. The number of rotatable bonds is 5. The van der Waals surface area contributed by atoms with Gasteiger partial charge in [0, 0.05) is 12.1 Å². The van der Waals surface area contributed by atoms with Gasteiger partial charge in [-0.15, -0.1) is 0 Å². The minimum atomic E-state index is -0.979. The van der Waals surface area contributed by atoms with Crippen LogP contribution in [0.15, 0.2) is 46.9 Å². The molecule has 0 bridgehead atoms. The lowest BCUT2D eigenvalue weighted by Crippen LogP contribution is -2.38. The monoisotopic (exact) mass is 422 g/mol. The number of amides is 1. The van der Waals surface area contributed by atoms with Gasteiger partial charge in [-0.3, -0.25) is 10.1 Å². The van der Waals surface area contributed by atoms with Crippen LogP contribution in [0.25, 0.3) is 0 Å². The van der Waals surface area contributed by atoms with Crippen LogP contribution in [0.3, 0.4) is 0 Å². The van der Waals surface area contributed by atoms with Crippen LogP contribution in [0.5, 0.6) is 5.75 Å². The highest BCUT2D eigenvalue weighted by Gasteiger charge is 2.10. The first-order chi connectivity index (χ1) is 11.9. The summed E-state index contributed by atoms with van der Waals surface area (Å²) >= 11 is 8.43. The smallest absolute Gasteiger partial charge is 0.335 e. The van der Waals surface area contributed by atoms with E-state index in [1.54, 1.807) is 37.4 Å². The molecule has 2 rings (SSSR count). The average molecular weight is 423 g/mol. The summed E-state index contributed by atoms with van der Waals surface area (Å²) in [4.78, 5) is 23.0. The van der Waals surface area contributed by atoms with Gasteiger partial charge in [0.15, 0.2) is 5.11 Å². The molecule has 0 fully saturated rings. The maximum atomic E-state index is 12.2. The van der Waals surface area contributed by atoms with E-state index < -0.39 is 5.97 Å². The zero-order chi connectivity index (χ0) is 18.4. The zero-order valence-electron chi connectivity index (χ0n) is 13.2. The van der Waals surface area contributed by atoms with Gasteiger partial charge in [-0.25, -0.2) is 4.79 Å². The van der Waals surface area contributed by atoms with Crippen molar-refractivity contribution in [3.05, 3.63) is 63.6 Å². The second-order valence-corrected chi connectivity index (χ2v) is 6.25. The molecule has 0 unspecified atom stereocenters. The average Bonchev–Trinajstić information content (AvgIpc) is 2.60. The molecular formula is C17H15BrN2O4S. The summed E-state index contributed by atoms with van der Waals surface area (Å²) in [6, 6.07) is 11.3. The number of nitrogens with one attached hydrogen (secondary N) is 2. The van der Waals surface area contributed by atoms with Gasteiger partial charge in [-0.1, -0.05) is 12.1 Å². The summed E-state index contributed by atoms with van der Waals surface area (Å²) < 4.78 is 5.78. The SMILES string of the molecule is COc1ccc(C(=O)NC(=S)NCc2ccc(C(=O)O)cc2)cc1Br. The Morgan fingerprint density at radius 1 is 1.16 bits per heavy atom. The van der Waals surface area contributed by atoms with Gasteiger partial charge in [-0.2, -0.15) is 0 Å². The van der Waals surface area contributed by atoms with Crippen LogP contribution in [-0.2, 0) is 6.54 Å². The third-order valence-corrected chi connectivity index (χ3v) is 4.16. The van der Waals surface area contributed by atoms with E-state index in [-0.39, 0.29) is 16.6 Å². The Morgan fingerprint density at radius 3 is 2.36 bits per heavy atom. The Kier molecular flexibility index (Phi) is 6.49. The summed E-state index contributed by atoms with van der Waals surface area (Å²) in [5.74, 6) is -0.697. The number of thiocarbonyl (C=S) groups is 1. The summed E-state index contributed by atoms with van der Waals surface area (Å²) in [7, 11) is 1.54. The lowest BCUT2D eigenvalue weighted by atomic mass is 10.1. The van der Waals surface area contributed by atoms with E-state index in [0.717, 1.165) is 5.56 Å². The summed E-state index contributed by atoms with van der Waals surface area (Å²) in [5, 5.41) is 14.5. The van der Waals surface area contributed by atoms with Crippen LogP contribution in [0.1, 0.15) is 26.3 Å². The third-order valence-electron chi connectivity index (χ3n) is 3.30. The molecule has 2 aromatic carbocycles. The fraction of sp³-hybridized carbons (Fsp3) is 0.118. The molecule has 25 heavy (non-hydrogen) atoms.